The van der Waals surface area contributed by atoms with Crippen LogP contribution in [0.15, 0.2) is 11.7 Å². The maximum absolute atomic E-state index is 14.3. The van der Waals surface area contributed by atoms with Gasteiger partial charge >= 0.3 is 18.2 Å². The largest absolute Gasteiger partial charge is 0.464 e. The third kappa shape index (κ3) is 10.2. The van der Waals surface area contributed by atoms with Crippen molar-refractivity contribution in [2.24, 2.45) is 5.73 Å². The molecule has 1 atom stereocenters. The van der Waals surface area contributed by atoms with Crippen LogP contribution in [0.25, 0.3) is 0 Å². The number of nitrogens with two attached hydrogens (primary N) is 1. The molecule has 0 aromatic rings. The van der Waals surface area contributed by atoms with Gasteiger partial charge in [0, 0.05) is 12.8 Å². The van der Waals surface area contributed by atoms with E-state index in [1.54, 1.807) is 41.5 Å². The van der Waals surface area contributed by atoms with Crippen molar-refractivity contribution in [1.82, 2.24) is 4.90 Å². The van der Waals surface area contributed by atoms with E-state index in [4.69, 9.17) is 19.9 Å². The summed E-state index contributed by atoms with van der Waals surface area (Å²) in [5.41, 5.74) is 3.15. The summed E-state index contributed by atoms with van der Waals surface area (Å²) in [5, 5.41) is 0. The quantitative estimate of drug-likeness (QED) is 0.488. The average Bonchev–Trinajstić information content (AvgIpc) is 2.50. The first-order chi connectivity index (χ1) is 13.1. The third-order valence-corrected chi connectivity index (χ3v) is 3.08. The van der Waals surface area contributed by atoms with E-state index < -0.39 is 59.9 Å². The molecule has 2 amide bonds. The fraction of sp³-hybridized carbons (Fsp3) is 0.737. The minimum atomic E-state index is -1.83. The van der Waals surface area contributed by atoms with Gasteiger partial charge in [0.1, 0.15) is 22.9 Å². The van der Waals surface area contributed by atoms with Gasteiger partial charge in [-0.15, -0.1) is 0 Å². The van der Waals surface area contributed by atoms with Gasteiger partial charge in [0.25, 0.3) is 0 Å². The lowest BCUT2D eigenvalue weighted by molar-refractivity contribution is -0.149. The number of rotatable bonds is 7. The van der Waals surface area contributed by atoms with Gasteiger partial charge in [0.15, 0.2) is 6.04 Å². The van der Waals surface area contributed by atoms with Gasteiger partial charge in [-0.1, -0.05) is 0 Å². The number of ether oxygens (including phenoxy) is 3. The molecular weight excluding hydrogens is 390 g/mol. The standard InChI is InChI=1S/C19H32F2N2O6/c1-8-27-15(24)14(11-13(21)12(20)9-10-22)23(16(25)28-18(2,3)4)17(26)29-19(5,6)7/h14H,8-11,22H2,1-7H3. The van der Waals surface area contributed by atoms with Gasteiger partial charge in [-0.2, -0.15) is 4.90 Å². The van der Waals surface area contributed by atoms with E-state index in [0.29, 0.717) is 4.90 Å². The Bertz CT molecular complexity index is 595. The molecule has 0 aromatic heterocycles. The van der Waals surface area contributed by atoms with Gasteiger partial charge in [-0.3, -0.25) is 0 Å². The first kappa shape index (κ1) is 26.8. The molecular formula is C19H32F2N2O6. The van der Waals surface area contributed by atoms with E-state index in [0.717, 1.165) is 0 Å². The van der Waals surface area contributed by atoms with Crippen LogP contribution in [0.5, 0.6) is 0 Å². The molecule has 1 unspecified atom stereocenters. The Kier molecular flexibility index (Phi) is 10.2. The van der Waals surface area contributed by atoms with Crippen LogP contribution < -0.4 is 5.73 Å². The second-order valence-corrected chi connectivity index (χ2v) is 8.15. The van der Waals surface area contributed by atoms with Crippen molar-refractivity contribution in [2.45, 2.75) is 78.6 Å². The number of carbonyl (C=O) groups excluding carboxylic acids is 3. The molecule has 0 aliphatic carbocycles. The molecule has 2 N–H and O–H groups in total. The summed E-state index contributed by atoms with van der Waals surface area (Å²) < 4.78 is 43.3. The van der Waals surface area contributed by atoms with E-state index in [2.05, 4.69) is 0 Å². The van der Waals surface area contributed by atoms with E-state index in [-0.39, 0.29) is 13.2 Å². The highest BCUT2D eigenvalue weighted by Gasteiger charge is 2.42. The molecule has 0 fully saturated rings. The third-order valence-electron chi connectivity index (χ3n) is 3.08. The van der Waals surface area contributed by atoms with E-state index in [1.807, 2.05) is 0 Å². The Morgan fingerprint density at radius 1 is 0.931 bits per heavy atom. The molecule has 29 heavy (non-hydrogen) atoms. The smallest absolute Gasteiger partial charge is 0.420 e. The topological polar surface area (TPSA) is 108 Å². The lowest BCUT2D eigenvalue weighted by Gasteiger charge is -2.32. The predicted molar refractivity (Wildman–Crippen MR) is 102 cm³/mol. The molecule has 0 bridgehead atoms. The van der Waals surface area contributed by atoms with Crippen molar-refractivity contribution in [3.8, 4) is 0 Å². The molecule has 10 heteroatoms. The van der Waals surface area contributed by atoms with Crippen LogP contribution in [0.4, 0.5) is 18.4 Å². The summed E-state index contributed by atoms with van der Waals surface area (Å²) in [6, 6.07) is -1.83. The van der Waals surface area contributed by atoms with Crippen LogP contribution in [-0.2, 0) is 19.0 Å². The molecule has 0 aliphatic rings. The van der Waals surface area contributed by atoms with Crippen LogP contribution in [0.1, 0.15) is 61.3 Å². The van der Waals surface area contributed by atoms with Crippen molar-refractivity contribution < 1.29 is 37.4 Å². The van der Waals surface area contributed by atoms with Gasteiger partial charge in [-0.05, 0) is 55.0 Å². The first-order valence-corrected chi connectivity index (χ1v) is 9.27. The minimum absolute atomic E-state index is 0.109. The first-order valence-electron chi connectivity index (χ1n) is 9.27. The second-order valence-electron chi connectivity index (χ2n) is 8.15. The lowest BCUT2D eigenvalue weighted by Crippen LogP contribution is -2.52. The summed E-state index contributed by atoms with van der Waals surface area (Å²) in [7, 11) is 0. The summed E-state index contributed by atoms with van der Waals surface area (Å²) in [4.78, 5) is 38.0. The van der Waals surface area contributed by atoms with Gasteiger partial charge < -0.3 is 19.9 Å². The Hall–Kier alpha value is -2.23. The molecule has 0 heterocycles. The number of hydrogen-bond donors (Lipinski definition) is 1. The van der Waals surface area contributed by atoms with Crippen molar-refractivity contribution in [3.05, 3.63) is 11.7 Å². The number of carbonyl (C=O) groups is 3. The highest BCUT2D eigenvalue weighted by atomic mass is 19.2. The summed E-state index contributed by atoms with van der Waals surface area (Å²) >= 11 is 0. The molecule has 0 aromatic carbocycles. The maximum Gasteiger partial charge on any atom is 0.420 e. The highest BCUT2D eigenvalue weighted by Crippen LogP contribution is 2.24. The fourth-order valence-electron chi connectivity index (χ4n) is 2.01. The van der Waals surface area contributed by atoms with E-state index in [1.165, 1.54) is 6.92 Å². The van der Waals surface area contributed by atoms with Crippen molar-refractivity contribution >= 4 is 18.2 Å². The van der Waals surface area contributed by atoms with E-state index >= 15 is 0 Å². The van der Waals surface area contributed by atoms with Gasteiger partial charge in [0.2, 0.25) is 0 Å². The van der Waals surface area contributed by atoms with Crippen LogP contribution in [0.2, 0.25) is 0 Å². The van der Waals surface area contributed by atoms with Crippen LogP contribution in [0, 0.1) is 0 Å². The SMILES string of the molecule is CCOC(=O)C(CC(F)=C(F)CCN)N(C(=O)OC(C)(C)C)C(=O)OC(C)(C)C. The predicted octanol–water partition coefficient (Wildman–Crippen LogP) is 3.98. The van der Waals surface area contributed by atoms with Crippen molar-refractivity contribution in [1.29, 1.82) is 0 Å². The number of esters is 1. The molecule has 0 radical (unpaired) electrons. The van der Waals surface area contributed by atoms with Crippen LogP contribution >= 0.6 is 0 Å². The van der Waals surface area contributed by atoms with E-state index in [9.17, 15) is 23.2 Å². The summed E-state index contributed by atoms with van der Waals surface area (Å²) in [6.07, 6.45) is -3.85. The summed E-state index contributed by atoms with van der Waals surface area (Å²) in [6.45, 7) is 10.5. The Balaban J connectivity index is 6.16. The summed E-state index contributed by atoms with van der Waals surface area (Å²) in [5.74, 6) is -3.62. The molecule has 8 nitrogen and oxygen atoms in total. The normalized spacial score (nSPS) is 13.9. The van der Waals surface area contributed by atoms with Crippen molar-refractivity contribution in [3.63, 3.8) is 0 Å². The Labute approximate surface area is 170 Å². The van der Waals surface area contributed by atoms with Gasteiger partial charge in [0.05, 0.1) is 6.61 Å². The fourth-order valence-corrected chi connectivity index (χ4v) is 2.01. The zero-order chi connectivity index (χ0) is 23.0. The second kappa shape index (κ2) is 11.1. The number of amides is 2. The number of halogens is 2. The Morgan fingerprint density at radius 3 is 1.72 bits per heavy atom. The molecule has 0 aliphatic heterocycles. The van der Waals surface area contributed by atoms with Crippen LogP contribution in [-0.4, -0.2) is 53.5 Å². The maximum atomic E-state index is 14.3. The molecule has 168 valence electrons. The Morgan fingerprint density at radius 2 is 1.38 bits per heavy atom. The number of imide groups is 1. The van der Waals surface area contributed by atoms with Gasteiger partial charge in [-0.25, -0.2) is 23.2 Å². The highest BCUT2D eigenvalue weighted by molar-refractivity contribution is 5.94. The minimum Gasteiger partial charge on any atom is -0.464 e. The number of nitrogens with zero attached hydrogens (tertiary/aromatic N) is 1. The van der Waals surface area contributed by atoms with Crippen LogP contribution in [0.3, 0.4) is 0 Å². The zero-order valence-electron chi connectivity index (χ0n) is 18.1. The monoisotopic (exact) mass is 422 g/mol. The molecule has 0 saturated heterocycles. The lowest BCUT2D eigenvalue weighted by atomic mass is 10.1. The molecule has 0 rings (SSSR count). The molecule has 0 spiro atoms. The van der Waals surface area contributed by atoms with Crippen molar-refractivity contribution in [2.75, 3.05) is 13.2 Å². The average molecular weight is 422 g/mol. The number of hydrogen-bond acceptors (Lipinski definition) is 7. The molecule has 0 saturated carbocycles. The zero-order valence-corrected chi connectivity index (χ0v) is 18.1.